The van der Waals surface area contributed by atoms with Crippen LogP contribution in [0.5, 0.6) is 0 Å². The zero-order valence-corrected chi connectivity index (χ0v) is 8.31. The molecule has 1 aromatic rings. The van der Waals surface area contributed by atoms with E-state index in [1.165, 1.54) is 0 Å². The molecule has 2 N–H and O–H groups in total. The Morgan fingerprint density at radius 3 is 3.07 bits per heavy atom. The van der Waals surface area contributed by atoms with Gasteiger partial charge >= 0.3 is 0 Å². The van der Waals surface area contributed by atoms with E-state index in [0.717, 1.165) is 36.8 Å². The normalized spacial score (nSPS) is 20.2. The SMILES string of the molecule is OCc1ccc2c(n1)CNN2C1COC1. The van der Waals surface area contributed by atoms with Crippen molar-refractivity contribution in [3.05, 3.63) is 23.5 Å². The third-order valence-corrected chi connectivity index (χ3v) is 2.83. The van der Waals surface area contributed by atoms with Crippen molar-refractivity contribution in [3.63, 3.8) is 0 Å². The van der Waals surface area contributed by atoms with Gasteiger partial charge in [-0.2, -0.15) is 0 Å². The second-order valence-electron chi connectivity index (χ2n) is 3.82. The Bertz CT molecular complexity index is 379. The van der Waals surface area contributed by atoms with Gasteiger partial charge in [-0.1, -0.05) is 0 Å². The summed E-state index contributed by atoms with van der Waals surface area (Å²) in [7, 11) is 0. The molecule has 0 amide bonds. The highest BCUT2D eigenvalue weighted by atomic mass is 16.5. The number of aliphatic hydroxyl groups excluding tert-OH is 1. The average Bonchev–Trinajstić information content (AvgIpc) is 2.59. The average molecular weight is 207 g/mol. The molecule has 0 bridgehead atoms. The van der Waals surface area contributed by atoms with Crippen LogP contribution in [0.15, 0.2) is 12.1 Å². The second kappa shape index (κ2) is 3.44. The molecular formula is C10H13N3O2. The summed E-state index contributed by atoms with van der Waals surface area (Å²) < 4.78 is 5.17. The lowest BCUT2D eigenvalue weighted by Gasteiger charge is -2.35. The molecule has 0 aliphatic carbocycles. The number of hydrogen-bond acceptors (Lipinski definition) is 5. The summed E-state index contributed by atoms with van der Waals surface area (Å²) in [6.07, 6.45) is 0. The molecule has 15 heavy (non-hydrogen) atoms. The van der Waals surface area contributed by atoms with Crippen LogP contribution in [0.3, 0.4) is 0 Å². The van der Waals surface area contributed by atoms with Crippen molar-refractivity contribution < 1.29 is 9.84 Å². The first-order valence-electron chi connectivity index (χ1n) is 5.08. The first-order valence-corrected chi connectivity index (χ1v) is 5.08. The van der Waals surface area contributed by atoms with Gasteiger partial charge in [-0.15, -0.1) is 0 Å². The summed E-state index contributed by atoms with van der Waals surface area (Å²) in [5.41, 5.74) is 6.13. The van der Waals surface area contributed by atoms with Gasteiger partial charge in [0.2, 0.25) is 0 Å². The van der Waals surface area contributed by atoms with E-state index in [1.807, 2.05) is 12.1 Å². The van der Waals surface area contributed by atoms with E-state index in [0.29, 0.717) is 6.04 Å². The quantitative estimate of drug-likeness (QED) is 0.703. The number of hydrazine groups is 1. The van der Waals surface area contributed by atoms with Crippen molar-refractivity contribution >= 4 is 5.69 Å². The Kier molecular flexibility index (Phi) is 2.09. The molecule has 0 aromatic carbocycles. The van der Waals surface area contributed by atoms with Gasteiger partial charge in [-0.3, -0.25) is 9.99 Å². The summed E-state index contributed by atoms with van der Waals surface area (Å²) in [4.78, 5) is 4.37. The Morgan fingerprint density at radius 2 is 2.40 bits per heavy atom. The van der Waals surface area contributed by atoms with Crippen LogP contribution in [0.2, 0.25) is 0 Å². The van der Waals surface area contributed by atoms with E-state index in [4.69, 9.17) is 9.84 Å². The first kappa shape index (κ1) is 9.08. The molecule has 1 aromatic heterocycles. The maximum absolute atomic E-state index is 8.98. The number of aliphatic hydroxyl groups is 1. The summed E-state index contributed by atoms with van der Waals surface area (Å²) in [5.74, 6) is 0. The molecule has 3 rings (SSSR count). The molecule has 5 heteroatoms. The Labute approximate surface area is 87.7 Å². The lowest BCUT2D eigenvalue weighted by molar-refractivity contribution is 0.00482. The van der Waals surface area contributed by atoms with Crippen LogP contribution in [0.25, 0.3) is 0 Å². The van der Waals surface area contributed by atoms with Crippen molar-refractivity contribution in [1.29, 1.82) is 0 Å². The van der Waals surface area contributed by atoms with E-state index in [1.54, 1.807) is 0 Å². The van der Waals surface area contributed by atoms with Gasteiger partial charge in [0.15, 0.2) is 0 Å². The molecule has 2 aliphatic rings. The van der Waals surface area contributed by atoms with Crippen LogP contribution in [-0.4, -0.2) is 29.3 Å². The van der Waals surface area contributed by atoms with Crippen LogP contribution in [0, 0.1) is 0 Å². The van der Waals surface area contributed by atoms with Crippen molar-refractivity contribution in [2.24, 2.45) is 0 Å². The van der Waals surface area contributed by atoms with Gasteiger partial charge < -0.3 is 9.84 Å². The zero-order valence-electron chi connectivity index (χ0n) is 8.31. The molecule has 0 atom stereocenters. The first-order chi connectivity index (χ1) is 7.38. The van der Waals surface area contributed by atoms with Gasteiger partial charge in [0.1, 0.15) is 0 Å². The topological polar surface area (TPSA) is 57.6 Å². The Morgan fingerprint density at radius 1 is 1.53 bits per heavy atom. The van der Waals surface area contributed by atoms with Gasteiger partial charge in [0.25, 0.3) is 0 Å². The zero-order chi connectivity index (χ0) is 10.3. The van der Waals surface area contributed by atoms with Gasteiger partial charge in [-0.25, -0.2) is 5.43 Å². The predicted octanol–water partition coefficient (Wildman–Crippen LogP) is -0.203. The van der Waals surface area contributed by atoms with Gasteiger partial charge in [0, 0.05) is 0 Å². The van der Waals surface area contributed by atoms with E-state index in [2.05, 4.69) is 15.4 Å². The monoisotopic (exact) mass is 207 g/mol. The maximum atomic E-state index is 8.98. The summed E-state index contributed by atoms with van der Waals surface area (Å²) in [6.45, 7) is 2.28. The molecule has 0 radical (unpaired) electrons. The maximum Gasteiger partial charge on any atom is 0.0922 e. The summed E-state index contributed by atoms with van der Waals surface area (Å²) in [6, 6.07) is 4.29. The number of pyridine rings is 1. The number of anilines is 1. The molecule has 2 aliphatic heterocycles. The van der Waals surface area contributed by atoms with E-state index < -0.39 is 0 Å². The molecule has 1 fully saturated rings. The molecule has 1 saturated heterocycles. The standard InChI is InChI=1S/C10H13N3O2/c14-4-7-1-2-10-9(12-7)3-11-13(10)8-5-15-6-8/h1-2,8,11,14H,3-6H2. The number of nitrogens with zero attached hydrogens (tertiary/aromatic N) is 2. The number of ether oxygens (including phenoxy) is 1. The molecule has 0 saturated carbocycles. The van der Waals surface area contributed by atoms with Gasteiger partial charge in [-0.05, 0) is 12.1 Å². The Hall–Kier alpha value is -1.17. The minimum Gasteiger partial charge on any atom is -0.390 e. The third-order valence-electron chi connectivity index (χ3n) is 2.83. The highest BCUT2D eigenvalue weighted by Gasteiger charge is 2.31. The van der Waals surface area contributed by atoms with Gasteiger partial charge in [0.05, 0.1) is 49.5 Å². The van der Waals surface area contributed by atoms with Crippen molar-refractivity contribution in [3.8, 4) is 0 Å². The van der Waals surface area contributed by atoms with Crippen LogP contribution in [0.4, 0.5) is 5.69 Å². The highest BCUT2D eigenvalue weighted by Crippen LogP contribution is 2.27. The number of rotatable bonds is 2. The van der Waals surface area contributed by atoms with E-state index in [9.17, 15) is 0 Å². The lowest BCUT2D eigenvalue weighted by atomic mass is 10.2. The second-order valence-corrected chi connectivity index (χ2v) is 3.82. The van der Waals surface area contributed by atoms with E-state index >= 15 is 0 Å². The minimum absolute atomic E-state index is 0.000179. The van der Waals surface area contributed by atoms with Crippen molar-refractivity contribution in [1.82, 2.24) is 10.4 Å². The van der Waals surface area contributed by atoms with Crippen LogP contribution in [0.1, 0.15) is 11.4 Å². The molecule has 80 valence electrons. The fourth-order valence-electron chi connectivity index (χ4n) is 1.92. The molecule has 3 heterocycles. The smallest absolute Gasteiger partial charge is 0.0922 e. The fourth-order valence-corrected chi connectivity index (χ4v) is 1.92. The summed E-state index contributed by atoms with van der Waals surface area (Å²) in [5, 5.41) is 11.1. The number of nitrogens with one attached hydrogen (secondary N) is 1. The predicted molar refractivity (Wildman–Crippen MR) is 54.1 cm³/mol. The Balaban J connectivity index is 1.89. The number of fused-ring (bicyclic) bond motifs is 1. The van der Waals surface area contributed by atoms with Crippen LogP contribution >= 0.6 is 0 Å². The van der Waals surface area contributed by atoms with Crippen molar-refractivity contribution in [2.75, 3.05) is 18.2 Å². The van der Waals surface area contributed by atoms with Crippen molar-refractivity contribution in [2.45, 2.75) is 19.2 Å². The third kappa shape index (κ3) is 1.40. The number of aromatic nitrogens is 1. The molecular weight excluding hydrogens is 194 g/mol. The molecule has 0 spiro atoms. The highest BCUT2D eigenvalue weighted by molar-refractivity contribution is 5.54. The summed E-state index contributed by atoms with van der Waals surface area (Å²) >= 11 is 0. The van der Waals surface area contributed by atoms with E-state index in [-0.39, 0.29) is 6.61 Å². The number of hydrogen-bond donors (Lipinski definition) is 2. The molecule has 5 nitrogen and oxygen atoms in total. The minimum atomic E-state index is -0.000179. The van der Waals surface area contributed by atoms with Crippen LogP contribution < -0.4 is 10.4 Å². The largest absolute Gasteiger partial charge is 0.390 e. The molecule has 0 unspecified atom stereocenters. The van der Waals surface area contributed by atoms with Crippen LogP contribution in [-0.2, 0) is 17.9 Å². The lowest BCUT2D eigenvalue weighted by Crippen LogP contribution is -2.53. The fraction of sp³-hybridized carbons (Fsp3) is 0.500.